The van der Waals surface area contributed by atoms with Crippen LogP contribution in [0.15, 0.2) is 158 Å². The number of fused-ring (bicyclic) bond motifs is 2. The molecule has 4 aliphatic rings. The largest absolute Gasteiger partial charge is 0.523 e. The lowest BCUT2D eigenvalue weighted by Crippen LogP contribution is -2.36. The monoisotopic (exact) mass is 1100 g/mol. The lowest BCUT2D eigenvalue weighted by atomic mass is 9.92. The molecule has 0 amide bonds. The summed E-state index contributed by atoms with van der Waals surface area (Å²) in [6.45, 7) is 6.75. The van der Waals surface area contributed by atoms with Gasteiger partial charge in [-0.3, -0.25) is 4.18 Å². The molecule has 10 rings (SSSR count). The van der Waals surface area contributed by atoms with E-state index in [1.165, 1.54) is 0 Å². The van der Waals surface area contributed by atoms with Crippen molar-refractivity contribution in [2.45, 2.75) is 114 Å². The molecular formula is C58H57Cl2F3O12S. The first-order valence-electron chi connectivity index (χ1n) is 24.2. The summed E-state index contributed by atoms with van der Waals surface area (Å²) in [5.41, 5.74) is 0.310. The van der Waals surface area contributed by atoms with Crippen molar-refractivity contribution >= 4 is 45.3 Å². The zero-order valence-electron chi connectivity index (χ0n) is 40.9. The molecule has 3 unspecified atom stereocenters. The molecule has 2 saturated carbocycles. The second-order valence-electron chi connectivity index (χ2n) is 19.7. The fourth-order valence-corrected chi connectivity index (χ4v) is 11.1. The molecule has 2 saturated heterocycles. The number of hydrogen-bond acceptors (Lipinski definition) is 12. The molecule has 402 valence electrons. The van der Waals surface area contributed by atoms with Crippen molar-refractivity contribution < 1.29 is 68.9 Å². The predicted octanol–water partition coefficient (Wildman–Crippen LogP) is 13.1. The van der Waals surface area contributed by atoms with Gasteiger partial charge < -0.3 is 33.5 Å². The molecule has 0 bridgehead atoms. The van der Waals surface area contributed by atoms with Gasteiger partial charge in [-0.25, -0.2) is 9.59 Å². The fourth-order valence-electron chi connectivity index (χ4n) is 10.2. The Bertz CT molecular complexity index is 3060. The minimum Gasteiger partial charge on any atom is -0.453 e. The van der Waals surface area contributed by atoms with Crippen LogP contribution >= 0.6 is 23.2 Å². The van der Waals surface area contributed by atoms with Crippen molar-refractivity contribution in [3.8, 4) is 22.3 Å². The van der Waals surface area contributed by atoms with Crippen LogP contribution in [0.3, 0.4) is 0 Å². The van der Waals surface area contributed by atoms with Crippen LogP contribution in [-0.4, -0.2) is 79.2 Å². The molecule has 0 spiro atoms. The molecule has 12 nitrogen and oxygen atoms in total. The highest BCUT2D eigenvalue weighted by molar-refractivity contribution is 7.87. The maximum absolute atomic E-state index is 13.4. The van der Waals surface area contributed by atoms with E-state index in [4.69, 9.17) is 51.6 Å². The summed E-state index contributed by atoms with van der Waals surface area (Å²) in [6, 6.07) is 47.3. The summed E-state index contributed by atoms with van der Waals surface area (Å²) in [5.74, 6) is -4.27. The zero-order valence-corrected chi connectivity index (χ0v) is 43.3. The van der Waals surface area contributed by atoms with E-state index in [1.54, 1.807) is 86.6 Å². The SMILES string of the molecule is C.CC1(C)O[C@@H]2[C@@H](C(OC(=O)c3ccc(-c4ccccc4)cc3)c3ccc(Cl)cc3)CC(OS(=O)(=O)C(F)(F)F)[C@@H]2O1.CC1(C)O[C@@H]2[C@H](O1)[C@@H](C(OC(=O)c1ccc(-c3ccccc3)cc1)c1ccc(Cl)cc1)C[C@@H]2O. The number of alkyl halides is 3. The number of benzene rings is 6. The standard InChI is InChI=1S/C29H26ClF3O7S.C28H27ClO5.CH4/c1-28(2)38-25-22(16-23(26(25)39-28)40-41(35,36)29(31,32)33)24(19-12-14-21(30)15-13-19)37-27(34)20-10-8-18(9-11-20)17-6-4-3-5-7-17;1-28(2)33-25-22(16-23(30)26(25)34-28)24(19-12-14-21(29)15-13-19)32-27(31)20-10-8-18(9-11-20)17-6-4-3-5-7-17;/h3-15,22-26H,16H2,1-2H3;3-15,22-26,30H,16H2,1-2H3;1H4/t22-,23?,24?,25-,26+;22-,23+,24?,25-,26+;/m11./s1. The fraction of sp³-hybridized carbons (Fsp3) is 0.345. The number of ether oxygens (including phenoxy) is 6. The molecule has 10 atom stereocenters. The first-order chi connectivity index (χ1) is 35.5. The zero-order chi connectivity index (χ0) is 53.5. The third kappa shape index (κ3) is 12.7. The summed E-state index contributed by atoms with van der Waals surface area (Å²) in [4.78, 5) is 26.6. The highest BCUT2D eigenvalue weighted by Crippen LogP contribution is 2.51. The van der Waals surface area contributed by atoms with Crippen LogP contribution in [0.5, 0.6) is 0 Å². The average molecular weight is 1110 g/mol. The Balaban J connectivity index is 0.000000202. The van der Waals surface area contributed by atoms with E-state index in [0.717, 1.165) is 27.8 Å². The lowest BCUT2D eigenvalue weighted by molar-refractivity contribution is -0.171. The summed E-state index contributed by atoms with van der Waals surface area (Å²) in [6.07, 6.45) is -6.71. The van der Waals surface area contributed by atoms with E-state index in [9.17, 15) is 36.3 Å². The summed E-state index contributed by atoms with van der Waals surface area (Å²) in [5, 5.41) is 11.7. The summed E-state index contributed by atoms with van der Waals surface area (Å²) < 4.78 is 104. The van der Waals surface area contributed by atoms with Crippen LogP contribution in [0.25, 0.3) is 22.3 Å². The first-order valence-corrected chi connectivity index (χ1v) is 26.3. The van der Waals surface area contributed by atoms with Crippen molar-refractivity contribution in [2.75, 3.05) is 0 Å². The van der Waals surface area contributed by atoms with Gasteiger partial charge in [0.05, 0.1) is 29.4 Å². The molecule has 6 aromatic carbocycles. The normalized spacial score (nSPS) is 24.9. The van der Waals surface area contributed by atoms with Gasteiger partial charge in [0.2, 0.25) is 0 Å². The van der Waals surface area contributed by atoms with E-state index in [2.05, 4.69) is 4.18 Å². The van der Waals surface area contributed by atoms with E-state index < -0.39 is 87.8 Å². The van der Waals surface area contributed by atoms with Crippen molar-refractivity contribution in [2.24, 2.45) is 11.8 Å². The molecule has 6 aromatic rings. The van der Waals surface area contributed by atoms with Gasteiger partial charge in [-0.1, -0.05) is 140 Å². The highest BCUT2D eigenvalue weighted by Gasteiger charge is 2.61. The number of carbonyl (C=O) groups excluding carboxylic acids is 2. The van der Waals surface area contributed by atoms with E-state index in [-0.39, 0.29) is 31.4 Å². The van der Waals surface area contributed by atoms with Crippen molar-refractivity contribution in [1.29, 1.82) is 0 Å². The first kappa shape index (κ1) is 56.5. The van der Waals surface area contributed by atoms with Crippen LogP contribution in [0.1, 0.15) is 92.0 Å². The Hall–Kier alpha value is -5.66. The van der Waals surface area contributed by atoms with Gasteiger partial charge in [0, 0.05) is 21.9 Å². The molecule has 0 aromatic heterocycles. The highest BCUT2D eigenvalue weighted by atomic mass is 35.5. The number of esters is 2. The van der Waals surface area contributed by atoms with E-state index in [1.807, 2.05) is 98.8 Å². The Kier molecular flexibility index (Phi) is 16.9. The molecule has 2 aliphatic heterocycles. The quantitative estimate of drug-likeness (QED) is 0.0705. The van der Waals surface area contributed by atoms with Crippen molar-refractivity contribution in [3.05, 3.63) is 190 Å². The topological polar surface area (TPSA) is 153 Å². The third-order valence-corrected chi connectivity index (χ3v) is 15.1. The molecule has 76 heavy (non-hydrogen) atoms. The minimum absolute atomic E-state index is 0. The predicted molar refractivity (Wildman–Crippen MR) is 279 cm³/mol. The maximum Gasteiger partial charge on any atom is 0.523 e. The van der Waals surface area contributed by atoms with Gasteiger partial charge in [-0.05, 0) is 122 Å². The Labute approximate surface area is 450 Å². The number of rotatable bonds is 12. The van der Waals surface area contributed by atoms with Crippen molar-refractivity contribution in [1.82, 2.24) is 0 Å². The Morgan fingerprint density at radius 3 is 1.32 bits per heavy atom. The molecule has 18 heteroatoms. The van der Waals surface area contributed by atoms with Crippen LogP contribution in [0.2, 0.25) is 10.0 Å². The van der Waals surface area contributed by atoms with Gasteiger partial charge >= 0.3 is 27.6 Å². The number of hydrogen-bond donors (Lipinski definition) is 1. The van der Waals surface area contributed by atoms with E-state index in [0.29, 0.717) is 27.6 Å². The van der Waals surface area contributed by atoms with Gasteiger partial charge in [0.25, 0.3) is 0 Å². The van der Waals surface area contributed by atoms with Gasteiger partial charge in [0.15, 0.2) is 11.6 Å². The smallest absolute Gasteiger partial charge is 0.453 e. The molecule has 4 fully saturated rings. The Morgan fingerprint density at radius 1 is 0.553 bits per heavy atom. The van der Waals surface area contributed by atoms with Gasteiger partial charge in [0.1, 0.15) is 30.5 Å². The second-order valence-corrected chi connectivity index (χ2v) is 22.1. The number of carbonyl (C=O) groups is 2. The van der Waals surface area contributed by atoms with Crippen LogP contribution < -0.4 is 0 Å². The lowest BCUT2D eigenvalue weighted by Gasteiger charge is -2.29. The number of halogens is 5. The molecule has 1 N–H and O–H groups in total. The second kappa shape index (κ2) is 22.7. The molecule has 2 aliphatic carbocycles. The summed E-state index contributed by atoms with van der Waals surface area (Å²) in [7, 11) is -5.93. The summed E-state index contributed by atoms with van der Waals surface area (Å²) >= 11 is 12.2. The maximum atomic E-state index is 13.4. The number of aliphatic hydroxyl groups is 1. The van der Waals surface area contributed by atoms with E-state index >= 15 is 0 Å². The molecular weight excluding hydrogens is 1050 g/mol. The van der Waals surface area contributed by atoms with Gasteiger partial charge in [-0.15, -0.1) is 0 Å². The van der Waals surface area contributed by atoms with Gasteiger partial charge in [-0.2, -0.15) is 21.6 Å². The molecule has 2 heterocycles. The molecule has 0 radical (unpaired) electrons. The van der Waals surface area contributed by atoms with Crippen molar-refractivity contribution in [3.63, 3.8) is 0 Å². The van der Waals surface area contributed by atoms with Crippen LogP contribution in [0.4, 0.5) is 13.2 Å². The van der Waals surface area contributed by atoms with Crippen LogP contribution in [-0.2, 0) is 42.7 Å². The third-order valence-electron chi connectivity index (χ3n) is 13.6. The number of aliphatic hydroxyl groups excluding tert-OH is 1. The average Bonchev–Trinajstić information content (AvgIpc) is 4.11. The minimum atomic E-state index is -5.93. The van der Waals surface area contributed by atoms with Crippen LogP contribution in [0, 0.1) is 11.8 Å². The Morgan fingerprint density at radius 2 is 0.908 bits per heavy atom.